The Morgan fingerprint density at radius 2 is 1.92 bits per heavy atom. The fourth-order valence-electron chi connectivity index (χ4n) is 4.36. The van der Waals surface area contributed by atoms with E-state index in [1.807, 2.05) is 25.4 Å². The predicted molar refractivity (Wildman–Crippen MR) is 138 cm³/mol. The van der Waals surface area contributed by atoms with Gasteiger partial charge >= 0.3 is 0 Å². The van der Waals surface area contributed by atoms with E-state index in [4.69, 9.17) is 0 Å². The monoisotopic (exact) mass is 516 g/mol. The van der Waals surface area contributed by atoms with Crippen molar-refractivity contribution < 1.29 is 12.8 Å². The van der Waals surface area contributed by atoms with Crippen molar-refractivity contribution in [3.8, 4) is 33.8 Å². The normalized spacial score (nSPS) is 12.1. The van der Waals surface area contributed by atoms with Crippen LogP contribution in [0.5, 0.6) is 0 Å². The molecule has 186 valence electrons. The largest absolute Gasteiger partial charge is 0.338 e. The molecule has 37 heavy (non-hydrogen) atoms. The lowest BCUT2D eigenvalue weighted by Gasteiger charge is -2.08. The molecule has 0 radical (unpaired) electrons. The lowest BCUT2D eigenvalue weighted by molar-refractivity contribution is 0.586. The molecule has 0 saturated heterocycles. The summed E-state index contributed by atoms with van der Waals surface area (Å²) in [4.78, 5) is 12.3. The molecule has 0 atom stereocenters. The maximum Gasteiger partial charge on any atom is 0.209 e. The molecule has 3 N–H and O–H groups in total. The van der Waals surface area contributed by atoms with Gasteiger partial charge in [0, 0.05) is 42.3 Å². The Morgan fingerprint density at radius 3 is 2.70 bits per heavy atom. The Kier molecular flexibility index (Phi) is 5.35. The van der Waals surface area contributed by atoms with Crippen LogP contribution in [0.25, 0.3) is 55.7 Å². The highest BCUT2D eigenvalue weighted by atomic mass is 32.2. The number of hydrogen-bond donors (Lipinski definition) is 3. The lowest BCUT2D eigenvalue weighted by atomic mass is 10.0. The van der Waals surface area contributed by atoms with Crippen LogP contribution in [0.15, 0.2) is 61.2 Å². The van der Waals surface area contributed by atoms with Gasteiger partial charge in [-0.1, -0.05) is 0 Å². The number of nitrogens with one attached hydrogen (secondary N) is 3. The summed E-state index contributed by atoms with van der Waals surface area (Å²) in [6.45, 7) is -0.0111. The summed E-state index contributed by atoms with van der Waals surface area (Å²) in [5.74, 6) is -0.461. The van der Waals surface area contributed by atoms with E-state index in [1.54, 1.807) is 35.4 Å². The van der Waals surface area contributed by atoms with Gasteiger partial charge in [-0.15, -0.1) is 0 Å². The minimum atomic E-state index is -3.41. The number of aromatic nitrogens is 7. The molecule has 6 rings (SSSR count). The average Bonchev–Trinajstić information content (AvgIpc) is 3.58. The molecule has 0 saturated carbocycles. The number of nitrogens with zero attached hydrogens (tertiary/aromatic N) is 5. The third-order valence-corrected chi connectivity index (χ3v) is 6.71. The number of hydrogen-bond acceptors (Lipinski definition) is 6. The molecule has 5 aromatic heterocycles. The zero-order chi connectivity index (χ0) is 25.7. The number of aromatic amines is 2. The first-order valence-corrected chi connectivity index (χ1v) is 13.2. The number of fused-ring (bicyclic) bond motifs is 2. The average molecular weight is 517 g/mol. The number of benzene rings is 1. The summed E-state index contributed by atoms with van der Waals surface area (Å²) in [6.07, 6.45) is 8.09. The highest BCUT2D eigenvalue weighted by Crippen LogP contribution is 2.34. The third-order valence-electron chi connectivity index (χ3n) is 6.04. The van der Waals surface area contributed by atoms with Gasteiger partial charge in [0.1, 0.15) is 17.2 Å². The second kappa shape index (κ2) is 8.61. The molecule has 10 nitrogen and oxygen atoms in total. The minimum Gasteiger partial charge on any atom is -0.338 e. The van der Waals surface area contributed by atoms with E-state index in [9.17, 15) is 12.8 Å². The quantitative estimate of drug-likeness (QED) is 0.309. The Labute approximate surface area is 210 Å². The predicted octanol–water partition coefficient (Wildman–Crippen LogP) is 3.76. The fourth-order valence-corrected chi connectivity index (χ4v) is 4.79. The summed E-state index contributed by atoms with van der Waals surface area (Å²) >= 11 is 0. The first-order valence-electron chi connectivity index (χ1n) is 11.3. The first-order chi connectivity index (χ1) is 17.7. The van der Waals surface area contributed by atoms with E-state index in [0.717, 1.165) is 45.1 Å². The summed E-state index contributed by atoms with van der Waals surface area (Å²) < 4.78 is 41.6. The summed E-state index contributed by atoms with van der Waals surface area (Å²) in [6, 6.07) is 10.2. The Morgan fingerprint density at radius 1 is 1.05 bits per heavy atom. The van der Waals surface area contributed by atoms with Gasteiger partial charge < -0.3 is 4.98 Å². The smallest absolute Gasteiger partial charge is 0.209 e. The van der Waals surface area contributed by atoms with Gasteiger partial charge in [0.15, 0.2) is 0 Å². The van der Waals surface area contributed by atoms with Crippen molar-refractivity contribution in [3.05, 3.63) is 72.6 Å². The van der Waals surface area contributed by atoms with Gasteiger partial charge in [-0.25, -0.2) is 22.5 Å². The van der Waals surface area contributed by atoms with Crippen molar-refractivity contribution in [2.45, 2.75) is 6.54 Å². The van der Waals surface area contributed by atoms with Crippen molar-refractivity contribution in [2.24, 2.45) is 7.05 Å². The van der Waals surface area contributed by atoms with Crippen LogP contribution < -0.4 is 4.72 Å². The second-order valence-electron chi connectivity index (χ2n) is 8.84. The van der Waals surface area contributed by atoms with Crippen LogP contribution in [0.1, 0.15) is 5.56 Å². The molecule has 5 heterocycles. The van der Waals surface area contributed by atoms with E-state index >= 15 is 0 Å². The summed E-state index contributed by atoms with van der Waals surface area (Å²) in [5, 5.41) is 13.4. The zero-order valence-electron chi connectivity index (χ0n) is 19.8. The van der Waals surface area contributed by atoms with Crippen molar-refractivity contribution in [1.29, 1.82) is 0 Å². The highest BCUT2D eigenvalue weighted by Gasteiger charge is 2.16. The van der Waals surface area contributed by atoms with Crippen LogP contribution in [-0.4, -0.2) is 49.6 Å². The molecule has 1 aromatic carbocycles. The molecule has 6 aromatic rings. The number of H-pyrrole nitrogens is 2. The van der Waals surface area contributed by atoms with Crippen molar-refractivity contribution in [2.75, 3.05) is 6.26 Å². The topological polar surface area (TPSA) is 134 Å². The molecular formula is C25H21FN8O2S. The van der Waals surface area contributed by atoms with Crippen LogP contribution in [0.3, 0.4) is 0 Å². The zero-order valence-corrected chi connectivity index (χ0v) is 20.6. The van der Waals surface area contributed by atoms with Gasteiger partial charge in [0.2, 0.25) is 10.0 Å². The Hall–Kier alpha value is -4.42. The van der Waals surface area contributed by atoms with Crippen LogP contribution in [0, 0.1) is 5.82 Å². The van der Waals surface area contributed by atoms with E-state index < -0.39 is 15.8 Å². The fraction of sp³-hybridized carbons (Fsp3) is 0.120. The van der Waals surface area contributed by atoms with Gasteiger partial charge in [-0.2, -0.15) is 10.2 Å². The van der Waals surface area contributed by atoms with Crippen LogP contribution in [0.2, 0.25) is 0 Å². The van der Waals surface area contributed by atoms with Crippen molar-refractivity contribution >= 4 is 32.0 Å². The molecule has 0 spiro atoms. The van der Waals surface area contributed by atoms with E-state index in [2.05, 4.69) is 35.0 Å². The van der Waals surface area contributed by atoms with Gasteiger partial charge in [-0.05, 0) is 53.1 Å². The third kappa shape index (κ3) is 4.47. The maximum atomic E-state index is 14.5. The SMILES string of the molecule is Cn1cc(-c2cc3c(-c4cc5c(-c6cc(F)cc(CNS(C)(=O)=O)c6)ccnc5[nH]4)n[nH]c3cn2)cn1. The molecular weight excluding hydrogens is 495 g/mol. The van der Waals surface area contributed by atoms with Crippen molar-refractivity contribution in [1.82, 2.24) is 39.7 Å². The Balaban J connectivity index is 1.43. The molecule has 12 heteroatoms. The molecule has 0 aliphatic rings. The van der Waals surface area contributed by atoms with Crippen molar-refractivity contribution in [3.63, 3.8) is 0 Å². The number of pyridine rings is 2. The molecule has 0 amide bonds. The number of rotatable bonds is 6. The van der Waals surface area contributed by atoms with Gasteiger partial charge in [0.25, 0.3) is 0 Å². The van der Waals surface area contributed by atoms with Crippen LogP contribution >= 0.6 is 0 Å². The minimum absolute atomic E-state index is 0.0111. The number of halogens is 1. The standard InChI is InChI=1S/C25H21FN8O2S/c1-34-13-16(11-29-34)21-9-20-23(12-28-21)32-33-24(20)22-8-19-18(3-4-27-25(19)31-22)15-5-14(6-17(26)7-15)10-30-37(2,35)36/h3-9,11-13,30H,10H2,1-2H3,(H,27,31)(H,32,33). The first kappa shape index (κ1) is 23.0. The van der Waals surface area contributed by atoms with Gasteiger partial charge in [0.05, 0.1) is 35.6 Å². The van der Waals surface area contributed by atoms with Gasteiger partial charge in [-0.3, -0.25) is 14.8 Å². The number of aryl methyl sites for hydroxylation is 1. The number of sulfonamides is 1. The van der Waals surface area contributed by atoms with Crippen LogP contribution in [0.4, 0.5) is 4.39 Å². The molecule has 0 fully saturated rings. The molecule has 0 aliphatic carbocycles. The van der Waals surface area contributed by atoms with Crippen LogP contribution in [-0.2, 0) is 23.6 Å². The second-order valence-corrected chi connectivity index (χ2v) is 10.7. The summed E-state index contributed by atoms with van der Waals surface area (Å²) in [7, 11) is -1.56. The highest BCUT2D eigenvalue weighted by molar-refractivity contribution is 7.88. The van der Waals surface area contributed by atoms with E-state index in [1.165, 1.54) is 12.1 Å². The van der Waals surface area contributed by atoms with E-state index in [0.29, 0.717) is 22.5 Å². The maximum absolute atomic E-state index is 14.5. The molecule has 0 unspecified atom stereocenters. The molecule has 0 bridgehead atoms. The van der Waals surface area contributed by atoms with E-state index in [-0.39, 0.29) is 6.54 Å². The molecule has 0 aliphatic heterocycles. The lowest BCUT2D eigenvalue weighted by Crippen LogP contribution is -2.21. The summed E-state index contributed by atoms with van der Waals surface area (Å²) in [5.41, 5.74) is 6.37. The Bertz CT molecular complexity index is 1900.